The Morgan fingerprint density at radius 1 is 1.16 bits per heavy atom. The van der Waals surface area contributed by atoms with Crippen molar-refractivity contribution in [2.75, 3.05) is 13.3 Å². The lowest BCUT2D eigenvalue weighted by molar-refractivity contribution is -0.199. The minimum absolute atomic E-state index is 0.0148. The van der Waals surface area contributed by atoms with Gasteiger partial charge >= 0.3 is 0 Å². The molecule has 6 heteroatoms. The van der Waals surface area contributed by atoms with E-state index in [4.69, 9.17) is 9.47 Å². The lowest BCUT2D eigenvalue weighted by Crippen LogP contribution is -2.71. The maximum absolute atomic E-state index is 13.5. The standard InChI is InChI=1S/C26H34N2O4/c1-4-8-27-23(29)26-11-15-9-16(12-26)20(17(10-15)13-26)28-22(25(2,3)24(28)30)18-6-5-7-19-21(18)32-14-31-19/h5-7,15-17,20,22H,4,8-14H2,1-3H3,(H,27,29)/t15?,16?,17?,20-,22?,26-. The van der Waals surface area contributed by atoms with Crippen molar-refractivity contribution in [2.45, 2.75) is 71.4 Å². The Morgan fingerprint density at radius 3 is 2.62 bits per heavy atom. The molecule has 32 heavy (non-hydrogen) atoms. The van der Waals surface area contributed by atoms with Gasteiger partial charge in [0.25, 0.3) is 0 Å². The number of hydrogen-bond donors (Lipinski definition) is 1. The number of carbonyl (C=O) groups is 2. The summed E-state index contributed by atoms with van der Waals surface area (Å²) in [5, 5.41) is 3.20. The van der Waals surface area contributed by atoms with E-state index in [1.54, 1.807) is 0 Å². The summed E-state index contributed by atoms with van der Waals surface area (Å²) in [5.41, 5.74) is 0.381. The molecule has 2 heterocycles. The number of likely N-dealkylation sites (tertiary alicyclic amines) is 1. The van der Waals surface area contributed by atoms with Gasteiger partial charge in [-0.05, 0) is 76.2 Å². The third kappa shape index (κ3) is 2.64. The summed E-state index contributed by atoms with van der Waals surface area (Å²) < 4.78 is 11.5. The van der Waals surface area contributed by atoms with Crippen molar-refractivity contribution in [3.05, 3.63) is 23.8 Å². The highest BCUT2D eigenvalue weighted by Gasteiger charge is 2.66. The fourth-order valence-corrected chi connectivity index (χ4v) is 8.02. The Morgan fingerprint density at radius 2 is 1.91 bits per heavy atom. The van der Waals surface area contributed by atoms with Gasteiger partial charge in [-0.1, -0.05) is 19.1 Å². The molecule has 0 radical (unpaired) electrons. The van der Waals surface area contributed by atoms with Crippen LogP contribution in [-0.4, -0.2) is 36.1 Å². The molecule has 172 valence electrons. The molecule has 3 unspecified atom stereocenters. The van der Waals surface area contributed by atoms with Crippen LogP contribution < -0.4 is 14.8 Å². The zero-order valence-electron chi connectivity index (χ0n) is 19.4. The van der Waals surface area contributed by atoms with Gasteiger partial charge in [0.05, 0.1) is 16.9 Å². The number of carbonyl (C=O) groups excluding carboxylic acids is 2. The number of para-hydroxylation sites is 1. The first kappa shape index (κ1) is 20.4. The van der Waals surface area contributed by atoms with E-state index < -0.39 is 5.41 Å². The number of fused-ring (bicyclic) bond motifs is 1. The first-order chi connectivity index (χ1) is 15.4. The average Bonchev–Trinajstić information content (AvgIpc) is 3.25. The van der Waals surface area contributed by atoms with Crippen molar-refractivity contribution in [1.29, 1.82) is 0 Å². The van der Waals surface area contributed by atoms with Gasteiger partial charge in [-0.3, -0.25) is 9.59 Å². The molecule has 2 amide bonds. The second-order valence-corrected chi connectivity index (χ2v) is 11.4. The molecular weight excluding hydrogens is 404 g/mol. The van der Waals surface area contributed by atoms with Gasteiger partial charge in [0.1, 0.15) is 0 Å². The third-order valence-electron chi connectivity index (χ3n) is 9.03. The summed E-state index contributed by atoms with van der Waals surface area (Å²) in [6.45, 7) is 7.21. The van der Waals surface area contributed by atoms with E-state index in [9.17, 15) is 9.59 Å². The van der Waals surface area contributed by atoms with Crippen LogP contribution in [0.1, 0.15) is 70.9 Å². The van der Waals surface area contributed by atoms with Gasteiger partial charge in [-0.15, -0.1) is 0 Å². The lowest BCUT2D eigenvalue weighted by atomic mass is 9.46. The number of β-lactam (4-membered cyclic amide) rings is 1. The van der Waals surface area contributed by atoms with Crippen LogP contribution in [0.3, 0.4) is 0 Å². The molecule has 5 fully saturated rings. The van der Waals surface area contributed by atoms with E-state index in [0.717, 1.165) is 62.1 Å². The number of ether oxygens (including phenoxy) is 2. The molecule has 7 rings (SSSR count). The van der Waals surface area contributed by atoms with Crippen LogP contribution in [0.5, 0.6) is 11.5 Å². The number of rotatable bonds is 5. The fourth-order valence-electron chi connectivity index (χ4n) is 8.02. The second kappa shape index (κ2) is 6.88. The maximum Gasteiger partial charge on any atom is 0.231 e. The lowest BCUT2D eigenvalue weighted by Gasteiger charge is -2.66. The van der Waals surface area contributed by atoms with E-state index in [0.29, 0.717) is 17.8 Å². The molecule has 0 aromatic heterocycles. The average molecular weight is 439 g/mol. The Bertz CT molecular complexity index is 957. The van der Waals surface area contributed by atoms with Crippen molar-refractivity contribution in [3.8, 4) is 11.5 Å². The molecule has 1 N–H and O–H groups in total. The normalized spacial score (nSPS) is 38.0. The maximum atomic E-state index is 13.5. The number of hydrogen-bond acceptors (Lipinski definition) is 4. The van der Waals surface area contributed by atoms with Crippen LogP contribution in [0.15, 0.2) is 18.2 Å². The van der Waals surface area contributed by atoms with Crippen LogP contribution in [-0.2, 0) is 9.59 Å². The van der Waals surface area contributed by atoms with Crippen molar-refractivity contribution in [3.63, 3.8) is 0 Å². The van der Waals surface area contributed by atoms with Crippen LogP contribution in [0.25, 0.3) is 0 Å². The number of nitrogens with one attached hydrogen (secondary N) is 1. The highest BCUT2D eigenvalue weighted by molar-refractivity contribution is 5.91. The first-order valence-corrected chi connectivity index (χ1v) is 12.4. The quantitative estimate of drug-likeness (QED) is 0.705. The highest BCUT2D eigenvalue weighted by Crippen LogP contribution is 2.65. The van der Waals surface area contributed by atoms with Crippen molar-refractivity contribution in [1.82, 2.24) is 10.2 Å². The predicted octanol–water partition coefficient (Wildman–Crippen LogP) is 4.05. The minimum atomic E-state index is -0.466. The molecule has 1 saturated heterocycles. The summed E-state index contributed by atoms with van der Waals surface area (Å²) in [6, 6.07) is 6.24. The first-order valence-electron chi connectivity index (χ1n) is 12.4. The van der Waals surface area contributed by atoms with Gasteiger partial charge in [-0.2, -0.15) is 0 Å². The Hall–Kier alpha value is -2.24. The second-order valence-electron chi connectivity index (χ2n) is 11.4. The molecule has 3 atom stereocenters. The SMILES string of the molecule is CCCNC(=O)[C@]12CC3CC(C1)[C@@H](N1C(=O)C(C)(C)C1c1cccc4c1OCO4)C(C3)C2. The number of amides is 2. The van der Waals surface area contributed by atoms with Gasteiger partial charge in [0.2, 0.25) is 18.6 Å². The van der Waals surface area contributed by atoms with E-state index in [2.05, 4.69) is 37.1 Å². The third-order valence-corrected chi connectivity index (χ3v) is 9.03. The molecule has 6 aliphatic rings. The van der Waals surface area contributed by atoms with Crippen LogP contribution in [0.2, 0.25) is 0 Å². The Kier molecular flexibility index (Phi) is 4.38. The summed E-state index contributed by atoms with van der Waals surface area (Å²) in [7, 11) is 0. The van der Waals surface area contributed by atoms with Gasteiger partial charge in [0.15, 0.2) is 11.5 Å². The Labute approximate surface area is 190 Å². The van der Waals surface area contributed by atoms with Crippen molar-refractivity contribution < 1.29 is 19.1 Å². The largest absolute Gasteiger partial charge is 0.454 e. The van der Waals surface area contributed by atoms with Gasteiger partial charge in [-0.25, -0.2) is 0 Å². The summed E-state index contributed by atoms with van der Waals surface area (Å²) >= 11 is 0. The molecule has 4 saturated carbocycles. The smallest absolute Gasteiger partial charge is 0.231 e. The molecule has 4 bridgehead atoms. The van der Waals surface area contributed by atoms with E-state index in [1.165, 1.54) is 0 Å². The fraction of sp³-hybridized carbons (Fsp3) is 0.692. The zero-order chi connectivity index (χ0) is 22.3. The summed E-state index contributed by atoms with van der Waals surface area (Å²) in [4.78, 5) is 28.9. The predicted molar refractivity (Wildman–Crippen MR) is 119 cm³/mol. The zero-order valence-corrected chi connectivity index (χ0v) is 19.4. The summed E-state index contributed by atoms with van der Waals surface area (Å²) in [5.74, 6) is 3.50. The van der Waals surface area contributed by atoms with Crippen LogP contribution in [0.4, 0.5) is 0 Å². The minimum Gasteiger partial charge on any atom is -0.454 e. The van der Waals surface area contributed by atoms with E-state index in [-0.39, 0.29) is 36.1 Å². The number of nitrogens with zero attached hydrogens (tertiary/aromatic N) is 1. The number of benzene rings is 1. The monoisotopic (exact) mass is 438 g/mol. The summed E-state index contributed by atoms with van der Waals surface area (Å²) in [6.07, 6.45) is 6.13. The molecule has 0 spiro atoms. The topological polar surface area (TPSA) is 67.9 Å². The van der Waals surface area contributed by atoms with E-state index >= 15 is 0 Å². The van der Waals surface area contributed by atoms with Crippen LogP contribution in [0, 0.1) is 28.6 Å². The highest BCUT2D eigenvalue weighted by atomic mass is 16.7. The van der Waals surface area contributed by atoms with E-state index in [1.807, 2.05) is 12.1 Å². The molecule has 4 aliphatic carbocycles. The van der Waals surface area contributed by atoms with Gasteiger partial charge in [0, 0.05) is 18.2 Å². The molecule has 1 aromatic rings. The molecular formula is C26H34N2O4. The molecule has 6 nitrogen and oxygen atoms in total. The molecule has 2 aliphatic heterocycles. The van der Waals surface area contributed by atoms with Crippen molar-refractivity contribution >= 4 is 11.8 Å². The van der Waals surface area contributed by atoms with Gasteiger partial charge < -0.3 is 19.7 Å². The molecule has 1 aromatic carbocycles. The van der Waals surface area contributed by atoms with Crippen molar-refractivity contribution in [2.24, 2.45) is 28.6 Å². The van der Waals surface area contributed by atoms with Crippen LogP contribution >= 0.6 is 0 Å². The Balaban J connectivity index is 1.33.